The first-order valence-electron chi connectivity index (χ1n) is 4.98. The minimum absolute atomic E-state index is 0.154. The number of amides is 1. The summed E-state index contributed by atoms with van der Waals surface area (Å²) in [5.41, 5.74) is -0.784. The summed E-state index contributed by atoms with van der Waals surface area (Å²) in [6.45, 7) is 1.92. The van der Waals surface area contributed by atoms with E-state index in [4.69, 9.17) is 11.6 Å². The largest absolute Gasteiger partial charge is 0.352 e. The SMILES string of the molecule is CC(Cl)CCNC(=O)c1c(F)cc(F)cc1F. The minimum atomic E-state index is -1.22. The number of alkyl halides is 1. The van der Waals surface area contributed by atoms with Crippen LogP contribution in [0.5, 0.6) is 0 Å². The molecule has 2 nitrogen and oxygen atoms in total. The topological polar surface area (TPSA) is 29.1 Å². The Kier molecular flexibility index (Phi) is 4.81. The van der Waals surface area contributed by atoms with Gasteiger partial charge >= 0.3 is 0 Å². The number of nitrogens with one attached hydrogen (secondary N) is 1. The lowest BCUT2D eigenvalue weighted by Gasteiger charge is -2.08. The molecule has 1 amide bonds. The molecule has 1 unspecified atom stereocenters. The van der Waals surface area contributed by atoms with E-state index in [-0.39, 0.29) is 11.9 Å². The zero-order chi connectivity index (χ0) is 13.0. The predicted molar refractivity (Wildman–Crippen MR) is 58.6 cm³/mol. The first kappa shape index (κ1) is 13.8. The van der Waals surface area contributed by atoms with Gasteiger partial charge in [0.05, 0.1) is 0 Å². The molecule has 0 aliphatic rings. The normalized spacial score (nSPS) is 12.3. The summed E-state index contributed by atoms with van der Waals surface area (Å²) in [5.74, 6) is -4.43. The van der Waals surface area contributed by atoms with Crippen LogP contribution >= 0.6 is 11.6 Å². The monoisotopic (exact) mass is 265 g/mol. The molecule has 17 heavy (non-hydrogen) atoms. The molecule has 1 rings (SSSR count). The van der Waals surface area contributed by atoms with Crippen LogP contribution in [0.25, 0.3) is 0 Å². The van der Waals surface area contributed by atoms with Gasteiger partial charge in [0.15, 0.2) is 0 Å². The van der Waals surface area contributed by atoms with E-state index in [1.54, 1.807) is 6.92 Å². The van der Waals surface area contributed by atoms with E-state index in [0.717, 1.165) is 0 Å². The van der Waals surface area contributed by atoms with E-state index in [0.29, 0.717) is 18.6 Å². The molecule has 0 bridgehead atoms. The molecule has 0 saturated carbocycles. The highest BCUT2D eigenvalue weighted by Gasteiger charge is 2.18. The van der Waals surface area contributed by atoms with E-state index >= 15 is 0 Å². The highest BCUT2D eigenvalue weighted by molar-refractivity contribution is 6.20. The van der Waals surface area contributed by atoms with Crippen molar-refractivity contribution in [1.82, 2.24) is 5.32 Å². The van der Waals surface area contributed by atoms with Crippen LogP contribution in [0.2, 0.25) is 0 Å². The van der Waals surface area contributed by atoms with Crippen LogP contribution in [0.4, 0.5) is 13.2 Å². The van der Waals surface area contributed by atoms with Crippen molar-refractivity contribution in [2.75, 3.05) is 6.54 Å². The van der Waals surface area contributed by atoms with Crippen molar-refractivity contribution in [2.45, 2.75) is 18.7 Å². The van der Waals surface area contributed by atoms with E-state index in [1.807, 2.05) is 0 Å². The molecule has 1 atom stereocenters. The Hall–Kier alpha value is -1.23. The lowest BCUT2D eigenvalue weighted by molar-refractivity contribution is 0.0944. The Bertz CT molecular complexity index is 400. The smallest absolute Gasteiger partial charge is 0.257 e. The van der Waals surface area contributed by atoms with E-state index in [1.165, 1.54) is 0 Å². The number of halogens is 4. The second-order valence-electron chi connectivity index (χ2n) is 3.57. The molecule has 0 aliphatic heterocycles. The Labute approximate surface area is 102 Å². The third-order valence-corrected chi connectivity index (χ3v) is 2.28. The quantitative estimate of drug-likeness (QED) is 0.834. The standard InChI is InChI=1S/C11H11ClF3NO/c1-6(12)2-3-16-11(17)10-8(14)4-7(13)5-9(10)15/h4-6H,2-3H2,1H3,(H,16,17). The number of hydrogen-bond donors (Lipinski definition) is 1. The maximum atomic E-state index is 13.2. The van der Waals surface area contributed by atoms with Crippen LogP contribution in [0.1, 0.15) is 23.7 Å². The van der Waals surface area contributed by atoms with Gasteiger partial charge in [-0.05, 0) is 13.3 Å². The molecular formula is C11H11ClF3NO. The van der Waals surface area contributed by atoms with Gasteiger partial charge in [-0.1, -0.05) is 0 Å². The third-order valence-electron chi connectivity index (χ3n) is 2.06. The Morgan fingerprint density at radius 1 is 1.35 bits per heavy atom. The Morgan fingerprint density at radius 3 is 2.35 bits per heavy atom. The first-order valence-corrected chi connectivity index (χ1v) is 5.42. The highest BCUT2D eigenvalue weighted by Crippen LogP contribution is 2.14. The van der Waals surface area contributed by atoms with Gasteiger partial charge in [-0.25, -0.2) is 13.2 Å². The summed E-state index contributed by atoms with van der Waals surface area (Å²) >= 11 is 5.64. The number of carbonyl (C=O) groups excluding carboxylic acids is 1. The second kappa shape index (κ2) is 5.91. The van der Waals surface area contributed by atoms with Gasteiger partial charge in [0.25, 0.3) is 5.91 Å². The lowest BCUT2D eigenvalue weighted by Crippen LogP contribution is -2.27. The van der Waals surface area contributed by atoms with Gasteiger partial charge in [0.2, 0.25) is 0 Å². The zero-order valence-corrected chi connectivity index (χ0v) is 9.82. The molecule has 0 aromatic heterocycles. The zero-order valence-electron chi connectivity index (χ0n) is 9.07. The molecule has 94 valence electrons. The van der Waals surface area contributed by atoms with Gasteiger partial charge < -0.3 is 5.32 Å². The molecule has 0 saturated heterocycles. The lowest BCUT2D eigenvalue weighted by atomic mass is 10.1. The van der Waals surface area contributed by atoms with Crippen molar-refractivity contribution >= 4 is 17.5 Å². The van der Waals surface area contributed by atoms with Gasteiger partial charge in [-0.3, -0.25) is 4.79 Å². The van der Waals surface area contributed by atoms with Crippen LogP contribution in [0.15, 0.2) is 12.1 Å². The average Bonchev–Trinajstić information content (AvgIpc) is 2.14. The maximum Gasteiger partial charge on any atom is 0.257 e. The fraction of sp³-hybridized carbons (Fsp3) is 0.364. The maximum absolute atomic E-state index is 13.2. The minimum Gasteiger partial charge on any atom is -0.352 e. The third kappa shape index (κ3) is 3.93. The number of hydrogen-bond acceptors (Lipinski definition) is 1. The average molecular weight is 266 g/mol. The van der Waals surface area contributed by atoms with Gasteiger partial charge in [-0.15, -0.1) is 11.6 Å². The molecular weight excluding hydrogens is 255 g/mol. The van der Waals surface area contributed by atoms with Crippen molar-refractivity contribution < 1.29 is 18.0 Å². The summed E-state index contributed by atoms with van der Waals surface area (Å²) in [5, 5.41) is 2.15. The molecule has 0 aliphatic carbocycles. The number of rotatable bonds is 4. The highest BCUT2D eigenvalue weighted by atomic mass is 35.5. The van der Waals surface area contributed by atoms with Crippen molar-refractivity contribution in [2.24, 2.45) is 0 Å². The van der Waals surface area contributed by atoms with E-state index in [9.17, 15) is 18.0 Å². The van der Waals surface area contributed by atoms with Crippen LogP contribution < -0.4 is 5.32 Å². The molecule has 0 fully saturated rings. The molecule has 0 radical (unpaired) electrons. The number of carbonyl (C=O) groups is 1. The van der Waals surface area contributed by atoms with E-state index < -0.39 is 28.9 Å². The van der Waals surface area contributed by atoms with Gasteiger partial charge in [-0.2, -0.15) is 0 Å². The Balaban J connectivity index is 2.76. The molecule has 1 aromatic rings. The van der Waals surface area contributed by atoms with Crippen molar-refractivity contribution in [1.29, 1.82) is 0 Å². The molecule has 1 aromatic carbocycles. The fourth-order valence-electron chi connectivity index (χ4n) is 1.23. The molecule has 0 spiro atoms. The number of benzene rings is 1. The summed E-state index contributed by atoms with van der Waals surface area (Å²) in [4.78, 5) is 11.4. The van der Waals surface area contributed by atoms with Gasteiger partial charge in [0, 0.05) is 24.1 Å². The summed E-state index contributed by atoms with van der Waals surface area (Å²) in [7, 11) is 0. The van der Waals surface area contributed by atoms with Crippen LogP contribution in [0, 0.1) is 17.5 Å². The van der Waals surface area contributed by atoms with Crippen LogP contribution in [-0.4, -0.2) is 17.8 Å². The molecule has 1 N–H and O–H groups in total. The van der Waals surface area contributed by atoms with Crippen LogP contribution in [0.3, 0.4) is 0 Å². The van der Waals surface area contributed by atoms with Crippen molar-refractivity contribution in [3.8, 4) is 0 Å². The van der Waals surface area contributed by atoms with E-state index in [2.05, 4.69) is 5.32 Å². The predicted octanol–water partition coefficient (Wildman–Crippen LogP) is 2.85. The van der Waals surface area contributed by atoms with Crippen molar-refractivity contribution in [3.63, 3.8) is 0 Å². The first-order chi connectivity index (χ1) is 7.91. The summed E-state index contributed by atoms with van der Waals surface area (Å²) in [6.07, 6.45) is 0.470. The molecule has 0 heterocycles. The summed E-state index contributed by atoms with van der Waals surface area (Å²) < 4.78 is 39.0. The second-order valence-corrected chi connectivity index (χ2v) is 4.31. The van der Waals surface area contributed by atoms with Crippen molar-refractivity contribution in [3.05, 3.63) is 35.1 Å². The van der Waals surface area contributed by atoms with Gasteiger partial charge in [0.1, 0.15) is 23.0 Å². The Morgan fingerprint density at radius 2 is 1.88 bits per heavy atom. The fourth-order valence-corrected chi connectivity index (χ4v) is 1.34. The summed E-state index contributed by atoms with van der Waals surface area (Å²) in [6, 6.07) is 0.921. The van der Waals surface area contributed by atoms with Crippen LogP contribution in [-0.2, 0) is 0 Å². The molecule has 6 heteroatoms.